The summed E-state index contributed by atoms with van der Waals surface area (Å²) in [6, 6.07) is 17.7. The quantitative estimate of drug-likeness (QED) is 0.666. The van der Waals surface area contributed by atoms with E-state index in [-0.39, 0.29) is 0 Å². The van der Waals surface area contributed by atoms with Crippen molar-refractivity contribution in [1.82, 2.24) is 0 Å². The van der Waals surface area contributed by atoms with Crippen LogP contribution in [0.5, 0.6) is 11.5 Å². The molecule has 0 aromatic heterocycles. The van der Waals surface area contributed by atoms with E-state index in [0.29, 0.717) is 24.3 Å². The SMILES string of the molecule is O=P(Oc1ccccc1)(Oc1ccccc1)C1CCCCC1F. The molecule has 2 unspecified atom stereocenters. The molecule has 3 rings (SSSR count). The number of hydrogen-bond acceptors (Lipinski definition) is 3. The normalized spacial score (nSPS) is 21.6. The zero-order chi connectivity index (χ0) is 16.1. The van der Waals surface area contributed by atoms with Crippen molar-refractivity contribution in [2.75, 3.05) is 0 Å². The molecule has 0 aliphatic heterocycles. The van der Waals surface area contributed by atoms with Crippen LogP contribution in [-0.2, 0) is 4.57 Å². The molecule has 23 heavy (non-hydrogen) atoms. The Morgan fingerprint density at radius 1 is 0.826 bits per heavy atom. The molecule has 0 saturated heterocycles. The van der Waals surface area contributed by atoms with Crippen molar-refractivity contribution >= 4 is 7.60 Å². The molecule has 1 aliphatic rings. The molecule has 3 nitrogen and oxygen atoms in total. The second-order valence-electron chi connectivity index (χ2n) is 5.72. The van der Waals surface area contributed by atoms with Crippen LogP contribution in [0, 0.1) is 0 Å². The van der Waals surface area contributed by atoms with Gasteiger partial charge in [-0.2, -0.15) is 0 Å². The average Bonchev–Trinajstić information content (AvgIpc) is 2.57. The molecule has 122 valence electrons. The molecule has 2 aromatic rings. The molecule has 1 saturated carbocycles. The van der Waals surface area contributed by atoms with Gasteiger partial charge in [-0.3, -0.25) is 0 Å². The maximum Gasteiger partial charge on any atom is 0.436 e. The lowest BCUT2D eigenvalue weighted by Gasteiger charge is -2.32. The van der Waals surface area contributed by atoms with Gasteiger partial charge in [0.15, 0.2) is 0 Å². The summed E-state index contributed by atoms with van der Waals surface area (Å²) in [6.45, 7) is 0. The van der Waals surface area contributed by atoms with Crippen LogP contribution in [0.2, 0.25) is 0 Å². The summed E-state index contributed by atoms with van der Waals surface area (Å²) in [7, 11) is -3.67. The number of benzene rings is 2. The van der Waals surface area contributed by atoms with Crippen LogP contribution in [0.15, 0.2) is 60.7 Å². The van der Waals surface area contributed by atoms with Gasteiger partial charge in [-0.15, -0.1) is 0 Å². The highest BCUT2D eigenvalue weighted by atomic mass is 31.2. The molecule has 0 bridgehead atoms. The molecule has 5 heteroatoms. The molecular formula is C18H20FO3P. The van der Waals surface area contributed by atoms with Crippen molar-refractivity contribution < 1.29 is 18.0 Å². The van der Waals surface area contributed by atoms with Gasteiger partial charge in [-0.05, 0) is 37.1 Å². The van der Waals surface area contributed by atoms with Crippen LogP contribution in [0.3, 0.4) is 0 Å². The van der Waals surface area contributed by atoms with Gasteiger partial charge in [-0.1, -0.05) is 49.2 Å². The van der Waals surface area contributed by atoms with Gasteiger partial charge in [0.05, 0.1) is 0 Å². The van der Waals surface area contributed by atoms with Crippen molar-refractivity contribution in [2.45, 2.75) is 37.5 Å². The van der Waals surface area contributed by atoms with Crippen molar-refractivity contribution in [3.05, 3.63) is 60.7 Å². The zero-order valence-electron chi connectivity index (χ0n) is 12.8. The van der Waals surface area contributed by atoms with Crippen molar-refractivity contribution in [2.24, 2.45) is 0 Å². The Kier molecular flexibility index (Phi) is 5.02. The number of para-hydroxylation sites is 2. The van der Waals surface area contributed by atoms with Gasteiger partial charge in [-0.25, -0.2) is 8.96 Å². The van der Waals surface area contributed by atoms with E-state index >= 15 is 0 Å². The maximum atomic E-state index is 14.4. The van der Waals surface area contributed by atoms with Gasteiger partial charge in [0.2, 0.25) is 0 Å². The Hall–Kier alpha value is -1.80. The van der Waals surface area contributed by atoms with Crippen LogP contribution in [-0.4, -0.2) is 11.8 Å². The van der Waals surface area contributed by atoms with E-state index in [0.717, 1.165) is 12.8 Å². The topological polar surface area (TPSA) is 35.5 Å². The molecule has 0 N–H and O–H groups in total. The fourth-order valence-electron chi connectivity index (χ4n) is 2.83. The summed E-state index contributed by atoms with van der Waals surface area (Å²) in [5, 5.41) is 0. The third-order valence-corrected chi connectivity index (χ3v) is 6.33. The van der Waals surface area contributed by atoms with Crippen LogP contribution in [0.4, 0.5) is 4.39 Å². The first-order chi connectivity index (χ1) is 11.2. The molecule has 0 radical (unpaired) electrons. The first-order valence-electron chi connectivity index (χ1n) is 7.90. The predicted molar refractivity (Wildman–Crippen MR) is 88.9 cm³/mol. The van der Waals surface area contributed by atoms with Gasteiger partial charge < -0.3 is 9.05 Å². The molecular weight excluding hydrogens is 314 g/mol. The Balaban J connectivity index is 1.90. The molecule has 2 aromatic carbocycles. The minimum Gasteiger partial charge on any atom is -0.416 e. The molecule has 1 aliphatic carbocycles. The number of hydrogen-bond donors (Lipinski definition) is 0. The molecule has 0 heterocycles. The minimum absolute atomic E-state index is 0.408. The Morgan fingerprint density at radius 2 is 1.30 bits per heavy atom. The maximum absolute atomic E-state index is 14.4. The summed E-state index contributed by atoms with van der Waals surface area (Å²) < 4.78 is 39.3. The van der Waals surface area contributed by atoms with Gasteiger partial charge in [0.25, 0.3) is 0 Å². The monoisotopic (exact) mass is 334 g/mol. The lowest BCUT2D eigenvalue weighted by molar-refractivity contribution is 0.230. The third-order valence-electron chi connectivity index (χ3n) is 4.01. The summed E-state index contributed by atoms with van der Waals surface area (Å²) in [4.78, 5) is 0. The van der Waals surface area contributed by atoms with Crippen molar-refractivity contribution in [3.8, 4) is 11.5 Å². The van der Waals surface area contributed by atoms with E-state index in [1.54, 1.807) is 48.5 Å². The second kappa shape index (κ2) is 7.18. The van der Waals surface area contributed by atoms with E-state index in [1.807, 2.05) is 12.1 Å². The van der Waals surface area contributed by atoms with Crippen LogP contribution in [0.1, 0.15) is 25.7 Å². The lowest BCUT2D eigenvalue weighted by atomic mass is 9.98. The van der Waals surface area contributed by atoms with E-state index in [2.05, 4.69) is 0 Å². The predicted octanol–water partition coefficient (Wildman–Crippen LogP) is 5.62. The second-order valence-corrected chi connectivity index (χ2v) is 7.82. The van der Waals surface area contributed by atoms with E-state index in [4.69, 9.17) is 9.05 Å². The summed E-state index contributed by atoms with van der Waals surface area (Å²) in [5.74, 6) is 0.870. The van der Waals surface area contributed by atoms with E-state index in [1.165, 1.54) is 0 Å². The summed E-state index contributed by atoms with van der Waals surface area (Å²) >= 11 is 0. The lowest BCUT2D eigenvalue weighted by Crippen LogP contribution is -2.30. The van der Waals surface area contributed by atoms with Crippen LogP contribution < -0.4 is 9.05 Å². The molecule has 0 spiro atoms. The molecule has 0 amide bonds. The van der Waals surface area contributed by atoms with Crippen molar-refractivity contribution in [1.29, 1.82) is 0 Å². The number of alkyl halides is 1. The number of rotatable bonds is 5. The molecule has 1 fully saturated rings. The Bertz CT molecular complexity index is 617. The number of halogens is 1. The fraction of sp³-hybridized carbons (Fsp3) is 0.333. The third kappa shape index (κ3) is 3.94. The standard InChI is InChI=1S/C18H20FO3P/c19-17-13-7-8-14-18(17)23(20,21-15-9-3-1-4-10-15)22-16-11-5-2-6-12-16/h1-6,9-12,17-18H,7-8,13-14H2. The summed E-state index contributed by atoms with van der Waals surface area (Å²) in [5.41, 5.74) is -0.725. The first kappa shape index (κ1) is 16.1. The Labute approximate surface area is 136 Å². The van der Waals surface area contributed by atoms with E-state index in [9.17, 15) is 8.96 Å². The van der Waals surface area contributed by atoms with Crippen molar-refractivity contribution in [3.63, 3.8) is 0 Å². The Morgan fingerprint density at radius 3 is 1.78 bits per heavy atom. The highest BCUT2D eigenvalue weighted by Gasteiger charge is 2.45. The molecule has 2 atom stereocenters. The minimum atomic E-state index is -3.67. The zero-order valence-corrected chi connectivity index (χ0v) is 13.7. The smallest absolute Gasteiger partial charge is 0.416 e. The van der Waals surface area contributed by atoms with Gasteiger partial charge in [0, 0.05) is 0 Å². The highest BCUT2D eigenvalue weighted by Crippen LogP contribution is 2.57. The van der Waals surface area contributed by atoms with Crippen LogP contribution >= 0.6 is 7.60 Å². The van der Waals surface area contributed by atoms with Crippen LogP contribution in [0.25, 0.3) is 0 Å². The summed E-state index contributed by atoms with van der Waals surface area (Å²) in [6.07, 6.45) is 1.41. The average molecular weight is 334 g/mol. The van der Waals surface area contributed by atoms with Gasteiger partial charge >= 0.3 is 7.60 Å². The first-order valence-corrected chi connectivity index (χ1v) is 9.52. The fourth-order valence-corrected chi connectivity index (χ4v) is 5.02. The van der Waals surface area contributed by atoms with E-state index < -0.39 is 19.4 Å². The highest BCUT2D eigenvalue weighted by molar-refractivity contribution is 7.55. The van der Waals surface area contributed by atoms with Gasteiger partial charge in [0.1, 0.15) is 23.3 Å². The largest absolute Gasteiger partial charge is 0.436 e.